The number of halogens is 1. The summed E-state index contributed by atoms with van der Waals surface area (Å²) in [4.78, 5) is 0. The molecule has 12 heavy (non-hydrogen) atoms. The summed E-state index contributed by atoms with van der Waals surface area (Å²) in [5.41, 5.74) is 0. The van der Waals surface area contributed by atoms with Crippen molar-refractivity contribution in [2.75, 3.05) is 11.9 Å². The smallest absolute Gasteiger partial charge is 0.192 e. The van der Waals surface area contributed by atoms with Crippen molar-refractivity contribution in [2.24, 2.45) is 0 Å². The monoisotopic (exact) mass is 252 g/mol. The maximum absolute atomic E-state index is 5.95. The Labute approximate surface area is 86.1 Å². The van der Waals surface area contributed by atoms with Crippen molar-refractivity contribution >= 4 is 24.2 Å². The first kappa shape index (κ1) is 12.7. The molecule has 0 amide bonds. The second kappa shape index (κ2) is 7.10. The molecule has 0 N–H and O–H groups in total. The standard InChI is InChI=1S/C9H21BrOSi/c1-4-11-12(5-2,6-3)9-7-8-10/h4-9H2,1-3H3. The highest BCUT2D eigenvalue weighted by molar-refractivity contribution is 9.09. The van der Waals surface area contributed by atoms with Crippen molar-refractivity contribution in [3.05, 3.63) is 0 Å². The van der Waals surface area contributed by atoms with Crippen LogP contribution in [0.4, 0.5) is 0 Å². The van der Waals surface area contributed by atoms with Gasteiger partial charge in [0.25, 0.3) is 0 Å². The van der Waals surface area contributed by atoms with Crippen LogP contribution in [0.3, 0.4) is 0 Å². The molecule has 0 unspecified atom stereocenters. The van der Waals surface area contributed by atoms with Gasteiger partial charge in [0.1, 0.15) is 0 Å². The van der Waals surface area contributed by atoms with Crippen molar-refractivity contribution in [3.63, 3.8) is 0 Å². The van der Waals surface area contributed by atoms with Crippen molar-refractivity contribution < 1.29 is 4.43 Å². The average molecular weight is 253 g/mol. The van der Waals surface area contributed by atoms with Gasteiger partial charge in [0.15, 0.2) is 8.32 Å². The Hall–Kier alpha value is 0.657. The zero-order chi connectivity index (χ0) is 9.45. The minimum atomic E-state index is -1.29. The summed E-state index contributed by atoms with van der Waals surface area (Å²) in [6.45, 7) is 7.57. The zero-order valence-electron chi connectivity index (χ0n) is 8.53. The molecule has 74 valence electrons. The lowest BCUT2D eigenvalue weighted by Crippen LogP contribution is -2.36. The van der Waals surface area contributed by atoms with Gasteiger partial charge in [0, 0.05) is 11.9 Å². The normalized spacial score (nSPS) is 12.0. The van der Waals surface area contributed by atoms with E-state index in [-0.39, 0.29) is 0 Å². The van der Waals surface area contributed by atoms with Crippen LogP contribution in [0.2, 0.25) is 18.1 Å². The molecule has 0 spiro atoms. The third kappa shape index (κ3) is 4.05. The SMILES string of the molecule is CCO[Si](CC)(CC)CCCBr. The fraction of sp³-hybridized carbons (Fsp3) is 1.00. The topological polar surface area (TPSA) is 9.23 Å². The molecule has 0 aromatic heterocycles. The molecular formula is C9H21BrOSi. The summed E-state index contributed by atoms with van der Waals surface area (Å²) in [6.07, 6.45) is 1.27. The van der Waals surface area contributed by atoms with Gasteiger partial charge in [-0.15, -0.1) is 0 Å². The first-order valence-electron chi connectivity index (χ1n) is 4.94. The van der Waals surface area contributed by atoms with Gasteiger partial charge in [-0.05, 0) is 31.5 Å². The van der Waals surface area contributed by atoms with E-state index in [1.807, 2.05) is 0 Å². The largest absolute Gasteiger partial charge is 0.417 e. The van der Waals surface area contributed by atoms with Gasteiger partial charge in [0.2, 0.25) is 0 Å². The molecule has 0 saturated heterocycles. The second-order valence-corrected chi connectivity index (χ2v) is 8.48. The minimum absolute atomic E-state index is 0.899. The average Bonchev–Trinajstić information content (AvgIpc) is 2.13. The summed E-state index contributed by atoms with van der Waals surface area (Å²) in [5, 5.41) is 1.12. The number of alkyl halides is 1. The van der Waals surface area contributed by atoms with Crippen LogP contribution in [0.25, 0.3) is 0 Å². The first-order chi connectivity index (χ1) is 5.74. The molecule has 0 fully saturated rings. The summed E-state index contributed by atoms with van der Waals surface area (Å²) in [5.74, 6) is 0. The molecule has 1 nitrogen and oxygen atoms in total. The highest BCUT2D eigenvalue weighted by atomic mass is 79.9. The molecule has 3 heteroatoms. The van der Waals surface area contributed by atoms with Gasteiger partial charge in [-0.1, -0.05) is 29.8 Å². The van der Waals surface area contributed by atoms with Crippen molar-refractivity contribution in [1.29, 1.82) is 0 Å². The molecule has 0 aromatic carbocycles. The molecule has 0 aliphatic heterocycles. The van der Waals surface area contributed by atoms with Gasteiger partial charge in [-0.2, -0.15) is 0 Å². The van der Waals surface area contributed by atoms with Crippen LogP contribution in [0.1, 0.15) is 27.2 Å². The van der Waals surface area contributed by atoms with E-state index in [1.165, 1.54) is 24.6 Å². The Balaban J connectivity index is 3.95. The van der Waals surface area contributed by atoms with Crippen LogP contribution >= 0.6 is 15.9 Å². The lowest BCUT2D eigenvalue weighted by atomic mass is 10.6. The minimum Gasteiger partial charge on any atom is -0.417 e. The lowest BCUT2D eigenvalue weighted by Gasteiger charge is -2.28. The Morgan fingerprint density at radius 3 is 2.08 bits per heavy atom. The lowest BCUT2D eigenvalue weighted by molar-refractivity contribution is 0.319. The van der Waals surface area contributed by atoms with Gasteiger partial charge in [0.05, 0.1) is 0 Å². The van der Waals surface area contributed by atoms with Crippen LogP contribution < -0.4 is 0 Å². The molecule has 0 aliphatic rings. The molecule has 0 atom stereocenters. The van der Waals surface area contributed by atoms with Gasteiger partial charge in [-0.3, -0.25) is 0 Å². The molecule has 0 saturated carbocycles. The third-order valence-electron chi connectivity index (χ3n) is 2.51. The molecule has 0 rings (SSSR count). The first-order valence-corrected chi connectivity index (χ1v) is 8.59. The van der Waals surface area contributed by atoms with E-state index >= 15 is 0 Å². The Morgan fingerprint density at radius 2 is 1.75 bits per heavy atom. The van der Waals surface area contributed by atoms with Gasteiger partial charge >= 0.3 is 0 Å². The van der Waals surface area contributed by atoms with Crippen LogP contribution in [-0.4, -0.2) is 20.3 Å². The van der Waals surface area contributed by atoms with Crippen LogP contribution in [0.5, 0.6) is 0 Å². The van der Waals surface area contributed by atoms with E-state index in [0.717, 1.165) is 11.9 Å². The van der Waals surface area contributed by atoms with Crippen molar-refractivity contribution in [1.82, 2.24) is 0 Å². The van der Waals surface area contributed by atoms with E-state index in [4.69, 9.17) is 4.43 Å². The van der Waals surface area contributed by atoms with Gasteiger partial charge in [-0.25, -0.2) is 0 Å². The van der Waals surface area contributed by atoms with Gasteiger partial charge < -0.3 is 4.43 Å². The summed E-state index contributed by atoms with van der Waals surface area (Å²) >= 11 is 3.48. The fourth-order valence-electron chi connectivity index (χ4n) is 1.58. The predicted octanol–water partition coefficient (Wildman–Crippen LogP) is 3.79. The molecular weight excluding hydrogens is 232 g/mol. The Kier molecular flexibility index (Phi) is 7.49. The summed E-state index contributed by atoms with van der Waals surface area (Å²) in [7, 11) is -1.29. The van der Waals surface area contributed by atoms with Crippen LogP contribution in [0.15, 0.2) is 0 Å². The van der Waals surface area contributed by atoms with E-state index in [9.17, 15) is 0 Å². The maximum atomic E-state index is 5.95. The van der Waals surface area contributed by atoms with E-state index in [0.29, 0.717) is 0 Å². The van der Waals surface area contributed by atoms with Crippen LogP contribution in [0, 0.1) is 0 Å². The Bertz CT molecular complexity index is 105. The second-order valence-electron chi connectivity index (χ2n) is 3.12. The highest BCUT2D eigenvalue weighted by Crippen LogP contribution is 2.23. The predicted molar refractivity (Wildman–Crippen MR) is 61.6 cm³/mol. The molecule has 0 radical (unpaired) electrons. The summed E-state index contributed by atoms with van der Waals surface area (Å²) < 4.78 is 5.95. The molecule has 0 aliphatic carbocycles. The third-order valence-corrected chi connectivity index (χ3v) is 7.81. The van der Waals surface area contributed by atoms with E-state index in [1.54, 1.807) is 0 Å². The number of rotatable bonds is 7. The highest BCUT2D eigenvalue weighted by Gasteiger charge is 2.29. The quantitative estimate of drug-likeness (QED) is 0.495. The number of hydrogen-bond acceptors (Lipinski definition) is 1. The number of hydrogen-bond donors (Lipinski definition) is 0. The molecule has 0 aromatic rings. The molecule has 0 heterocycles. The van der Waals surface area contributed by atoms with Crippen LogP contribution in [-0.2, 0) is 4.43 Å². The Morgan fingerprint density at radius 1 is 1.17 bits per heavy atom. The summed E-state index contributed by atoms with van der Waals surface area (Å²) in [6, 6.07) is 3.85. The van der Waals surface area contributed by atoms with Crippen molar-refractivity contribution in [2.45, 2.75) is 45.3 Å². The maximum Gasteiger partial charge on any atom is 0.192 e. The zero-order valence-corrected chi connectivity index (χ0v) is 11.1. The van der Waals surface area contributed by atoms with E-state index in [2.05, 4.69) is 36.7 Å². The van der Waals surface area contributed by atoms with Crippen molar-refractivity contribution in [3.8, 4) is 0 Å². The van der Waals surface area contributed by atoms with E-state index < -0.39 is 8.32 Å². The fourth-order valence-corrected chi connectivity index (χ4v) is 5.57. The molecule has 0 bridgehead atoms.